The van der Waals surface area contributed by atoms with Crippen LogP contribution in [0.4, 0.5) is 13.2 Å². The van der Waals surface area contributed by atoms with Crippen molar-refractivity contribution in [3.63, 3.8) is 0 Å². The van der Waals surface area contributed by atoms with E-state index in [1.807, 2.05) is 13.0 Å². The van der Waals surface area contributed by atoms with Crippen molar-refractivity contribution in [2.45, 2.75) is 13.1 Å². The molecule has 0 saturated heterocycles. The number of benzene rings is 3. The van der Waals surface area contributed by atoms with Crippen molar-refractivity contribution in [2.75, 3.05) is 6.61 Å². The first-order valence-corrected chi connectivity index (χ1v) is 11.0. The summed E-state index contributed by atoms with van der Waals surface area (Å²) in [6.07, 6.45) is -3.06. The number of hydrogen-bond donors (Lipinski definition) is 0. The molecule has 168 valence electrons. The Kier molecular flexibility index (Phi) is 6.50. The summed E-state index contributed by atoms with van der Waals surface area (Å²) in [6.45, 7) is 2.42. The lowest BCUT2D eigenvalue weighted by Gasteiger charge is -2.12. The van der Waals surface area contributed by atoms with E-state index >= 15 is 0 Å². The fourth-order valence-electron chi connectivity index (χ4n) is 3.25. The Hall–Kier alpha value is -3.21. The van der Waals surface area contributed by atoms with Crippen LogP contribution in [0.25, 0.3) is 22.3 Å². The highest BCUT2D eigenvalue weighted by Gasteiger charge is 2.30. The summed E-state index contributed by atoms with van der Waals surface area (Å²) >= 11 is 2.13. The molecular weight excluding hydrogens is 546 g/mol. The predicted octanol–water partition coefficient (Wildman–Crippen LogP) is 5.97. The van der Waals surface area contributed by atoms with Gasteiger partial charge in [0.25, 0.3) is 5.56 Å². The van der Waals surface area contributed by atoms with Crippen molar-refractivity contribution < 1.29 is 17.9 Å². The zero-order valence-electron chi connectivity index (χ0n) is 17.3. The molecule has 1 heterocycles. The van der Waals surface area contributed by atoms with Crippen molar-refractivity contribution in [3.05, 3.63) is 91.8 Å². The summed E-state index contributed by atoms with van der Waals surface area (Å²) in [5.41, 5.74) is -0.120. The van der Waals surface area contributed by atoms with Gasteiger partial charge in [0.2, 0.25) is 0 Å². The third-order valence-electron chi connectivity index (χ3n) is 4.78. The van der Waals surface area contributed by atoms with E-state index in [2.05, 4.69) is 32.7 Å². The van der Waals surface area contributed by atoms with Crippen LogP contribution in [0.5, 0.6) is 5.75 Å². The van der Waals surface area contributed by atoms with Crippen LogP contribution in [0.3, 0.4) is 0 Å². The third kappa shape index (κ3) is 4.92. The summed E-state index contributed by atoms with van der Waals surface area (Å²) in [7, 11) is 0. The Bertz CT molecular complexity index is 1410. The Morgan fingerprint density at radius 3 is 2.61 bits per heavy atom. The van der Waals surface area contributed by atoms with Gasteiger partial charge in [-0.15, -0.1) is 0 Å². The normalized spacial score (nSPS) is 11.9. The van der Waals surface area contributed by atoms with Gasteiger partial charge in [-0.3, -0.25) is 4.79 Å². The molecule has 0 aliphatic rings. The van der Waals surface area contributed by atoms with Gasteiger partial charge < -0.3 is 4.74 Å². The molecule has 0 N–H and O–H groups in total. The maximum Gasteiger partial charge on any atom is 0.416 e. The van der Waals surface area contributed by atoms with Gasteiger partial charge in [-0.1, -0.05) is 24.3 Å². The molecule has 5 nitrogen and oxygen atoms in total. The third-order valence-corrected chi connectivity index (χ3v) is 5.62. The summed E-state index contributed by atoms with van der Waals surface area (Å²) in [4.78, 5) is 17.7. The molecule has 0 atom stereocenters. The van der Waals surface area contributed by atoms with Gasteiger partial charge >= 0.3 is 6.18 Å². The molecular formula is C24H17F3IN3O2. The van der Waals surface area contributed by atoms with Crippen LogP contribution in [-0.4, -0.2) is 22.5 Å². The number of halogens is 4. The second kappa shape index (κ2) is 9.34. The number of hydrogen-bond acceptors (Lipinski definition) is 4. The lowest BCUT2D eigenvalue weighted by atomic mass is 10.1. The summed E-state index contributed by atoms with van der Waals surface area (Å²) < 4.78 is 47.3. The van der Waals surface area contributed by atoms with Gasteiger partial charge in [-0.25, -0.2) is 4.98 Å². The minimum absolute atomic E-state index is 0.0154. The van der Waals surface area contributed by atoms with E-state index in [-0.39, 0.29) is 11.4 Å². The molecule has 1 aromatic heterocycles. The SMILES string of the molecule is CCOc1ccc(C=Nn2c(-c3cccc(C(F)(F)F)c3)nc3ccccc3c2=O)cc1I. The van der Waals surface area contributed by atoms with Gasteiger partial charge in [-0.2, -0.15) is 22.9 Å². The number of alkyl halides is 3. The minimum atomic E-state index is -4.53. The van der Waals surface area contributed by atoms with E-state index in [1.165, 1.54) is 18.3 Å². The highest BCUT2D eigenvalue weighted by atomic mass is 127. The van der Waals surface area contributed by atoms with Crippen molar-refractivity contribution in [1.82, 2.24) is 9.66 Å². The average Bonchev–Trinajstić information content (AvgIpc) is 2.79. The van der Waals surface area contributed by atoms with Crippen LogP contribution in [-0.2, 0) is 6.18 Å². The fraction of sp³-hybridized carbons (Fsp3) is 0.125. The predicted molar refractivity (Wildman–Crippen MR) is 130 cm³/mol. The van der Waals surface area contributed by atoms with E-state index < -0.39 is 17.3 Å². The molecule has 0 aliphatic carbocycles. The summed E-state index contributed by atoms with van der Waals surface area (Å²) in [6, 6.07) is 16.7. The van der Waals surface area contributed by atoms with E-state index in [0.717, 1.165) is 26.1 Å². The van der Waals surface area contributed by atoms with Crippen molar-refractivity contribution in [1.29, 1.82) is 0 Å². The maximum atomic E-state index is 13.3. The van der Waals surface area contributed by atoms with Crippen molar-refractivity contribution in [2.24, 2.45) is 5.10 Å². The van der Waals surface area contributed by atoms with Crippen molar-refractivity contribution >= 4 is 39.7 Å². The molecule has 0 fully saturated rings. The maximum absolute atomic E-state index is 13.3. The molecule has 0 aliphatic heterocycles. The Morgan fingerprint density at radius 1 is 1.09 bits per heavy atom. The van der Waals surface area contributed by atoms with Crippen LogP contribution in [0, 0.1) is 3.57 Å². The molecule has 3 aromatic carbocycles. The Morgan fingerprint density at radius 2 is 1.88 bits per heavy atom. The van der Waals surface area contributed by atoms with E-state index in [9.17, 15) is 18.0 Å². The van der Waals surface area contributed by atoms with E-state index in [0.29, 0.717) is 23.1 Å². The molecule has 0 amide bonds. The highest BCUT2D eigenvalue weighted by molar-refractivity contribution is 14.1. The number of ether oxygens (including phenoxy) is 1. The van der Waals surface area contributed by atoms with Gasteiger partial charge in [0.15, 0.2) is 5.82 Å². The quantitative estimate of drug-likeness (QED) is 0.222. The van der Waals surface area contributed by atoms with Crippen molar-refractivity contribution in [3.8, 4) is 17.1 Å². The molecule has 0 spiro atoms. The molecule has 9 heteroatoms. The van der Waals surface area contributed by atoms with Crippen LogP contribution in [0.15, 0.2) is 76.6 Å². The summed E-state index contributed by atoms with van der Waals surface area (Å²) in [5.74, 6) is 0.742. The molecule has 0 unspecified atom stereocenters. The topological polar surface area (TPSA) is 56.5 Å². The largest absolute Gasteiger partial charge is 0.493 e. The lowest BCUT2D eigenvalue weighted by molar-refractivity contribution is -0.137. The number of nitrogens with zero attached hydrogens (tertiary/aromatic N) is 3. The first kappa shape index (κ1) is 23.0. The van der Waals surface area contributed by atoms with Crippen LogP contribution < -0.4 is 10.3 Å². The van der Waals surface area contributed by atoms with Gasteiger partial charge in [-0.05, 0) is 77.5 Å². The monoisotopic (exact) mass is 563 g/mol. The molecule has 4 rings (SSSR count). The van der Waals surface area contributed by atoms with E-state index in [4.69, 9.17) is 4.74 Å². The smallest absolute Gasteiger partial charge is 0.416 e. The molecule has 0 saturated carbocycles. The Labute approximate surface area is 200 Å². The lowest BCUT2D eigenvalue weighted by Crippen LogP contribution is -2.20. The molecule has 4 aromatic rings. The zero-order chi connectivity index (χ0) is 23.6. The standard InChI is InChI=1S/C24H17F3IN3O2/c1-2-33-21-11-10-15(12-19(21)28)14-29-31-22(16-6-5-7-17(13-16)24(25,26)27)30-20-9-4-3-8-18(20)23(31)32/h3-14H,2H2,1H3. The van der Waals surface area contributed by atoms with Gasteiger partial charge in [0, 0.05) is 5.56 Å². The van der Waals surface area contributed by atoms with Crippen LogP contribution in [0.1, 0.15) is 18.1 Å². The summed E-state index contributed by atoms with van der Waals surface area (Å²) in [5, 5.41) is 4.61. The highest BCUT2D eigenvalue weighted by Crippen LogP contribution is 2.32. The fourth-order valence-corrected chi connectivity index (χ4v) is 3.94. The number of aromatic nitrogens is 2. The molecule has 0 bridgehead atoms. The number of para-hydroxylation sites is 1. The van der Waals surface area contributed by atoms with Crippen LogP contribution >= 0.6 is 22.6 Å². The number of rotatable bonds is 5. The second-order valence-corrected chi connectivity index (χ2v) is 8.18. The molecule has 33 heavy (non-hydrogen) atoms. The second-order valence-electron chi connectivity index (χ2n) is 7.02. The van der Waals surface area contributed by atoms with Gasteiger partial charge in [0.05, 0.1) is 32.9 Å². The van der Waals surface area contributed by atoms with Crippen LogP contribution in [0.2, 0.25) is 0 Å². The first-order valence-electron chi connectivity index (χ1n) is 9.94. The molecule has 0 radical (unpaired) electrons. The van der Waals surface area contributed by atoms with E-state index in [1.54, 1.807) is 36.4 Å². The Balaban J connectivity index is 1.87. The average molecular weight is 563 g/mol. The van der Waals surface area contributed by atoms with Gasteiger partial charge in [0.1, 0.15) is 5.75 Å². The minimum Gasteiger partial charge on any atom is -0.493 e. The number of fused-ring (bicyclic) bond motifs is 1. The zero-order valence-corrected chi connectivity index (χ0v) is 19.5. The first-order chi connectivity index (χ1) is 15.8.